The van der Waals surface area contributed by atoms with E-state index in [1.807, 2.05) is 0 Å². The van der Waals surface area contributed by atoms with Crippen LogP contribution in [0.5, 0.6) is 0 Å². The number of aromatic nitrogens is 2. The van der Waals surface area contributed by atoms with Crippen molar-refractivity contribution in [3.05, 3.63) is 86.5 Å². The van der Waals surface area contributed by atoms with Gasteiger partial charge in [-0.05, 0) is 43.3 Å². The lowest BCUT2D eigenvalue weighted by Gasteiger charge is -2.21. The molecule has 0 radical (unpaired) electrons. The summed E-state index contributed by atoms with van der Waals surface area (Å²) in [4.78, 5) is 38.9. The van der Waals surface area contributed by atoms with Gasteiger partial charge in [0.2, 0.25) is 0 Å². The summed E-state index contributed by atoms with van der Waals surface area (Å²) in [5.74, 6) is -1.76. The lowest BCUT2D eigenvalue weighted by Crippen LogP contribution is -2.34. The van der Waals surface area contributed by atoms with E-state index in [0.29, 0.717) is 12.2 Å². The van der Waals surface area contributed by atoms with E-state index in [4.69, 9.17) is 27.9 Å². The number of benzene rings is 2. The molecule has 1 aromatic heterocycles. The monoisotopic (exact) mass is 463 g/mol. The van der Waals surface area contributed by atoms with Crippen LogP contribution in [0.4, 0.5) is 10.1 Å². The number of halogens is 3. The molecule has 31 heavy (non-hydrogen) atoms. The molecule has 0 fully saturated rings. The molecule has 0 aliphatic rings. The van der Waals surface area contributed by atoms with Gasteiger partial charge in [-0.15, -0.1) is 0 Å². The molecule has 160 valence electrons. The number of amides is 1. The lowest BCUT2D eigenvalue weighted by atomic mass is 10.2. The van der Waals surface area contributed by atoms with Crippen LogP contribution < -0.4 is 10.5 Å². The maximum absolute atomic E-state index is 13.1. The number of nitrogens with zero attached hydrogens (tertiary/aromatic N) is 3. The highest BCUT2D eigenvalue weighted by molar-refractivity contribution is 6.41. The van der Waals surface area contributed by atoms with Gasteiger partial charge in [-0.2, -0.15) is 9.78 Å². The van der Waals surface area contributed by atoms with Gasteiger partial charge >= 0.3 is 5.97 Å². The van der Waals surface area contributed by atoms with E-state index in [0.717, 1.165) is 4.68 Å². The highest BCUT2D eigenvalue weighted by atomic mass is 35.5. The Morgan fingerprint density at radius 3 is 2.48 bits per heavy atom. The Kier molecular flexibility index (Phi) is 7.04. The number of hydrogen-bond donors (Lipinski definition) is 0. The predicted molar refractivity (Wildman–Crippen MR) is 115 cm³/mol. The molecule has 3 rings (SSSR count). The van der Waals surface area contributed by atoms with Gasteiger partial charge in [0.1, 0.15) is 10.8 Å². The highest BCUT2D eigenvalue weighted by Crippen LogP contribution is 2.19. The number of hydrogen-bond acceptors (Lipinski definition) is 5. The van der Waals surface area contributed by atoms with Crippen molar-refractivity contribution in [1.29, 1.82) is 0 Å². The molecule has 1 amide bonds. The van der Waals surface area contributed by atoms with Gasteiger partial charge in [0, 0.05) is 12.2 Å². The van der Waals surface area contributed by atoms with E-state index in [9.17, 15) is 18.8 Å². The van der Waals surface area contributed by atoms with E-state index >= 15 is 0 Å². The van der Waals surface area contributed by atoms with Gasteiger partial charge in [0.15, 0.2) is 6.61 Å². The van der Waals surface area contributed by atoms with Crippen molar-refractivity contribution in [3.8, 4) is 5.69 Å². The predicted octanol–water partition coefficient (Wildman–Crippen LogP) is 3.89. The Bertz CT molecular complexity index is 1180. The lowest BCUT2D eigenvalue weighted by molar-refractivity contribution is -0.121. The van der Waals surface area contributed by atoms with Gasteiger partial charge in [-0.3, -0.25) is 9.59 Å². The fourth-order valence-electron chi connectivity index (χ4n) is 2.82. The summed E-state index contributed by atoms with van der Waals surface area (Å²) >= 11 is 11.7. The van der Waals surface area contributed by atoms with Crippen molar-refractivity contribution in [3.63, 3.8) is 0 Å². The van der Waals surface area contributed by atoms with Crippen molar-refractivity contribution in [1.82, 2.24) is 9.78 Å². The SMILES string of the molecule is CCN(C(=O)COC(=O)c1ccccc1-n1ncc(Cl)c(Cl)c1=O)c1ccc(F)cc1. The molecular weight excluding hydrogens is 448 g/mol. The van der Waals surface area contributed by atoms with Crippen LogP contribution >= 0.6 is 23.2 Å². The molecule has 0 aliphatic heterocycles. The highest BCUT2D eigenvalue weighted by Gasteiger charge is 2.20. The van der Waals surface area contributed by atoms with Gasteiger partial charge in [-0.1, -0.05) is 35.3 Å². The quantitative estimate of drug-likeness (QED) is 0.518. The Morgan fingerprint density at radius 2 is 1.81 bits per heavy atom. The number of esters is 1. The molecule has 0 bridgehead atoms. The van der Waals surface area contributed by atoms with Crippen molar-refractivity contribution in [2.24, 2.45) is 0 Å². The fourth-order valence-corrected chi connectivity index (χ4v) is 3.08. The number of likely N-dealkylation sites (N-methyl/N-ethyl adjacent to an activating group) is 1. The van der Waals surface area contributed by atoms with Crippen LogP contribution in [0.2, 0.25) is 10.0 Å². The van der Waals surface area contributed by atoms with Crippen LogP contribution in [0.1, 0.15) is 17.3 Å². The third kappa shape index (κ3) is 4.92. The number of rotatable bonds is 6. The molecule has 1 heterocycles. The molecule has 2 aromatic carbocycles. The molecule has 0 atom stereocenters. The molecule has 0 aliphatic carbocycles. The summed E-state index contributed by atoms with van der Waals surface area (Å²) in [6.07, 6.45) is 1.18. The first-order chi connectivity index (χ1) is 14.8. The second kappa shape index (κ2) is 9.72. The third-order valence-corrected chi connectivity index (χ3v) is 5.06. The Hall–Kier alpha value is -3.23. The molecule has 0 saturated heterocycles. The van der Waals surface area contributed by atoms with Crippen LogP contribution in [0.25, 0.3) is 5.69 Å². The van der Waals surface area contributed by atoms with Crippen molar-refractivity contribution in [2.45, 2.75) is 6.92 Å². The molecule has 0 N–H and O–H groups in total. The summed E-state index contributed by atoms with van der Waals surface area (Å²) in [7, 11) is 0. The van der Waals surface area contributed by atoms with E-state index in [1.165, 1.54) is 47.5 Å². The second-order valence-corrected chi connectivity index (χ2v) is 7.02. The first-order valence-electron chi connectivity index (χ1n) is 9.09. The maximum atomic E-state index is 13.1. The van der Waals surface area contributed by atoms with Gasteiger partial charge in [0.05, 0.1) is 22.5 Å². The van der Waals surface area contributed by atoms with Crippen molar-refractivity contribution >= 4 is 40.8 Å². The van der Waals surface area contributed by atoms with Crippen LogP contribution in [0.3, 0.4) is 0 Å². The third-order valence-electron chi connectivity index (χ3n) is 4.31. The van der Waals surface area contributed by atoms with Crippen LogP contribution in [0.15, 0.2) is 59.5 Å². The zero-order chi connectivity index (χ0) is 22.5. The number of carbonyl (C=O) groups excluding carboxylic acids is 2. The molecule has 0 spiro atoms. The fraction of sp³-hybridized carbons (Fsp3) is 0.143. The molecule has 0 unspecified atom stereocenters. The van der Waals surface area contributed by atoms with Crippen LogP contribution in [0, 0.1) is 5.82 Å². The zero-order valence-corrected chi connectivity index (χ0v) is 17.7. The van der Waals surface area contributed by atoms with Gasteiger partial charge in [0.25, 0.3) is 11.5 Å². The molecular formula is C21H16Cl2FN3O4. The van der Waals surface area contributed by atoms with Crippen molar-refractivity contribution < 1.29 is 18.7 Å². The van der Waals surface area contributed by atoms with E-state index in [-0.39, 0.29) is 21.3 Å². The molecule has 3 aromatic rings. The Morgan fingerprint density at radius 1 is 1.13 bits per heavy atom. The largest absolute Gasteiger partial charge is 0.452 e. The number of carbonyl (C=O) groups is 2. The summed E-state index contributed by atoms with van der Waals surface area (Å²) < 4.78 is 19.2. The van der Waals surface area contributed by atoms with Crippen LogP contribution in [-0.4, -0.2) is 34.8 Å². The first-order valence-corrected chi connectivity index (χ1v) is 9.84. The molecule has 7 nitrogen and oxygen atoms in total. The number of para-hydroxylation sites is 1. The number of anilines is 1. The maximum Gasteiger partial charge on any atom is 0.340 e. The van der Waals surface area contributed by atoms with Gasteiger partial charge < -0.3 is 9.64 Å². The van der Waals surface area contributed by atoms with E-state index < -0.39 is 29.9 Å². The average molecular weight is 464 g/mol. The smallest absolute Gasteiger partial charge is 0.340 e. The van der Waals surface area contributed by atoms with Gasteiger partial charge in [-0.25, -0.2) is 9.18 Å². The van der Waals surface area contributed by atoms with Crippen molar-refractivity contribution in [2.75, 3.05) is 18.1 Å². The normalized spacial score (nSPS) is 10.6. The minimum Gasteiger partial charge on any atom is -0.452 e. The summed E-state index contributed by atoms with van der Waals surface area (Å²) in [6, 6.07) is 11.4. The van der Waals surface area contributed by atoms with E-state index in [2.05, 4.69) is 5.10 Å². The summed E-state index contributed by atoms with van der Waals surface area (Å²) in [5, 5.41) is 3.65. The van der Waals surface area contributed by atoms with E-state index in [1.54, 1.807) is 19.1 Å². The second-order valence-electron chi connectivity index (χ2n) is 6.23. The minimum atomic E-state index is -0.834. The zero-order valence-electron chi connectivity index (χ0n) is 16.2. The standard InChI is InChI=1S/C21H16Cl2FN3O4/c1-2-26(14-9-7-13(24)8-10-14)18(28)12-31-21(30)15-5-3-4-6-17(15)27-20(29)19(23)16(22)11-25-27/h3-11H,2,12H2,1H3. The topological polar surface area (TPSA) is 81.5 Å². The first kappa shape index (κ1) is 22.5. The molecule has 0 saturated carbocycles. The summed E-state index contributed by atoms with van der Waals surface area (Å²) in [5.41, 5.74) is -0.113. The minimum absolute atomic E-state index is 0.00752. The summed E-state index contributed by atoms with van der Waals surface area (Å²) in [6.45, 7) is 1.48. The Balaban J connectivity index is 1.80. The number of ether oxygens (including phenoxy) is 1. The molecule has 10 heteroatoms. The average Bonchev–Trinajstić information content (AvgIpc) is 2.78. The van der Waals surface area contributed by atoms with Crippen LogP contribution in [-0.2, 0) is 9.53 Å². The Labute approximate surface area is 186 Å².